The lowest BCUT2D eigenvalue weighted by atomic mass is 10.3. The Morgan fingerprint density at radius 1 is 1.56 bits per heavy atom. The number of aryl methyl sites for hydroxylation is 1. The summed E-state index contributed by atoms with van der Waals surface area (Å²) in [6.07, 6.45) is 0.944. The highest BCUT2D eigenvalue weighted by atomic mass is 35.5. The summed E-state index contributed by atoms with van der Waals surface area (Å²) in [6.45, 7) is 2.08. The van der Waals surface area contributed by atoms with Gasteiger partial charge in [-0.25, -0.2) is 9.97 Å². The molecule has 4 nitrogen and oxygen atoms in total. The van der Waals surface area contributed by atoms with Crippen LogP contribution in [0, 0.1) is 0 Å². The second-order valence-electron chi connectivity index (χ2n) is 3.45. The molecule has 0 spiro atoms. The number of carbonyl (C=O) groups excluding carboxylic acids is 1. The first kappa shape index (κ1) is 13.6. The monoisotopic (exact) mass is 302 g/mol. The van der Waals surface area contributed by atoms with Gasteiger partial charge in [0.25, 0.3) is 0 Å². The molecule has 0 unspecified atom stereocenters. The number of thiophene rings is 1. The standard InChI is InChI=1S/C11H11ClN2O2S2/c1-3-6-4-7-9(17-5-8(15)16-2)13-11(12)14-10(7)18-6/h4H,3,5H2,1-2H3. The molecule has 2 aromatic rings. The summed E-state index contributed by atoms with van der Waals surface area (Å²) in [5.74, 6) is -0.0650. The zero-order valence-corrected chi connectivity index (χ0v) is 12.3. The molecule has 0 saturated heterocycles. The summed E-state index contributed by atoms with van der Waals surface area (Å²) in [5, 5.41) is 1.89. The molecule has 0 aliphatic rings. The topological polar surface area (TPSA) is 52.1 Å². The van der Waals surface area contributed by atoms with Crippen molar-refractivity contribution >= 4 is 50.9 Å². The highest BCUT2D eigenvalue weighted by molar-refractivity contribution is 8.00. The van der Waals surface area contributed by atoms with Crippen LogP contribution in [-0.4, -0.2) is 28.8 Å². The van der Waals surface area contributed by atoms with Crippen molar-refractivity contribution in [2.45, 2.75) is 18.4 Å². The van der Waals surface area contributed by atoms with Gasteiger partial charge in [-0.1, -0.05) is 18.7 Å². The molecule has 0 N–H and O–H groups in total. The van der Waals surface area contributed by atoms with Crippen molar-refractivity contribution in [3.05, 3.63) is 16.2 Å². The van der Waals surface area contributed by atoms with Gasteiger partial charge in [-0.2, -0.15) is 0 Å². The Kier molecular flexibility index (Phi) is 4.42. The third-order valence-electron chi connectivity index (χ3n) is 2.28. The molecule has 0 bridgehead atoms. The SMILES string of the molecule is CCc1cc2c(SCC(=O)OC)nc(Cl)nc2s1. The fourth-order valence-corrected chi connectivity index (χ4v) is 3.53. The van der Waals surface area contributed by atoms with Crippen LogP contribution in [0.5, 0.6) is 0 Å². The number of carbonyl (C=O) groups is 1. The van der Waals surface area contributed by atoms with Gasteiger partial charge in [0.05, 0.1) is 12.9 Å². The molecule has 2 heterocycles. The molecule has 0 fully saturated rings. The normalized spacial score (nSPS) is 10.8. The Hall–Kier alpha value is -0.850. The molecular formula is C11H11ClN2O2S2. The molecule has 18 heavy (non-hydrogen) atoms. The lowest BCUT2D eigenvalue weighted by Gasteiger charge is -2.01. The quantitative estimate of drug-likeness (QED) is 0.376. The maximum atomic E-state index is 11.2. The fourth-order valence-electron chi connectivity index (χ4n) is 1.39. The van der Waals surface area contributed by atoms with Gasteiger partial charge in [0.2, 0.25) is 5.28 Å². The Balaban J connectivity index is 2.35. The van der Waals surface area contributed by atoms with E-state index in [0.717, 1.165) is 21.7 Å². The molecule has 2 aromatic heterocycles. The van der Waals surface area contributed by atoms with Gasteiger partial charge < -0.3 is 4.74 Å². The second-order valence-corrected chi connectivity index (χ2v) is 5.87. The largest absolute Gasteiger partial charge is 0.468 e. The van der Waals surface area contributed by atoms with E-state index < -0.39 is 0 Å². The van der Waals surface area contributed by atoms with Crippen LogP contribution in [0.3, 0.4) is 0 Å². The van der Waals surface area contributed by atoms with Gasteiger partial charge >= 0.3 is 5.97 Å². The minimum atomic E-state index is -0.283. The molecule has 0 aliphatic carbocycles. The minimum Gasteiger partial charge on any atom is -0.468 e. The third-order valence-corrected chi connectivity index (χ3v) is 4.59. The van der Waals surface area contributed by atoms with Crippen LogP contribution in [0.25, 0.3) is 10.2 Å². The summed E-state index contributed by atoms with van der Waals surface area (Å²) in [5.41, 5.74) is 0. The van der Waals surface area contributed by atoms with Crippen molar-refractivity contribution in [2.24, 2.45) is 0 Å². The predicted molar refractivity (Wildman–Crippen MR) is 74.5 cm³/mol. The van der Waals surface area contributed by atoms with E-state index in [1.54, 1.807) is 11.3 Å². The molecule has 0 amide bonds. The maximum Gasteiger partial charge on any atom is 0.316 e. The molecule has 2 rings (SSSR count). The number of nitrogens with zero attached hydrogens (tertiary/aromatic N) is 2. The molecule has 0 radical (unpaired) electrons. The average Bonchev–Trinajstić information content (AvgIpc) is 2.78. The van der Waals surface area contributed by atoms with Crippen LogP contribution < -0.4 is 0 Å². The second kappa shape index (κ2) is 5.86. The zero-order chi connectivity index (χ0) is 13.1. The van der Waals surface area contributed by atoms with Crippen LogP contribution in [0.2, 0.25) is 5.28 Å². The number of esters is 1. The molecular weight excluding hydrogens is 292 g/mol. The number of hydrogen-bond donors (Lipinski definition) is 0. The highest BCUT2D eigenvalue weighted by Gasteiger charge is 2.12. The van der Waals surface area contributed by atoms with Crippen molar-refractivity contribution in [1.82, 2.24) is 9.97 Å². The summed E-state index contributed by atoms with van der Waals surface area (Å²) in [4.78, 5) is 21.6. The first-order valence-corrected chi connectivity index (χ1v) is 7.47. The van der Waals surface area contributed by atoms with Crippen molar-refractivity contribution in [3.63, 3.8) is 0 Å². The predicted octanol–water partition coefficient (Wildman–Crippen LogP) is 3.17. The average molecular weight is 303 g/mol. The number of thioether (sulfide) groups is 1. The van der Waals surface area contributed by atoms with E-state index in [2.05, 4.69) is 27.7 Å². The van der Waals surface area contributed by atoms with Gasteiger partial charge in [-0.15, -0.1) is 11.3 Å². The van der Waals surface area contributed by atoms with Gasteiger partial charge in [-0.05, 0) is 24.1 Å². The van der Waals surface area contributed by atoms with Crippen molar-refractivity contribution in [3.8, 4) is 0 Å². The summed E-state index contributed by atoms with van der Waals surface area (Å²) >= 11 is 8.80. The Morgan fingerprint density at radius 2 is 2.33 bits per heavy atom. The van der Waals surface area contributed by atoms with Crippen LogP contribution in [0.15, 0.2) is 11.1 Å². The van der Waals surface area contributed by atoms with Crippen LogP contribution in [0.1, 0.15) is 11.8 Å². The van der Waals surface area contributed by atoms with E-state index in [1.165, 1.54) is 23.7 Å². The summed E-state index contributed by atoms with van der Waals surface area (Å²) in [7, 11) is 1.37. The van der Waals surface area contributed by atoms with Crippen molar-refractivity contribution < 1.29 is 9.53 Å². The fraction of sp³-hybridized carbons (Fsp3) is 0.364. The number of aromatic nitrogens is 2. The van der Waals surface area contributed by atoms with E-state index in [9.17, 15) is 4.79 Å². The van der Waals surface area contributed by atoms with E-state index in [4.69, 9.17) is 11.6 Å². The molecule has 96 valence electrons. The molecule has 0 aliphatic heterocycles. The Labute approximate surface area is 118 Å². The maximum absolute atomic E-state index is 11.2. The van der Waals surface area contributed by atoms with E-state index in [1.807, 2.05) is 0 Å². The molecule has 0 atom stereocenters. The minimum absolute atomic E-state index is 0.208. The van der Waals surface area contributed by atoms with Crippen LogP contribution >= 0.6 is 34.7 Å². The number of methoxy groups -OCH3 is 1. The highest BCUT2D eigenvalue weighted by Crippen LogP contribution is 2.32. The molecule has 0 aromatic carbocycles. The Morgan fingerprint density at radius 3 is 3.00 bits per heavy atom. The Bertz CT molecular complexity index is 586. The molecule has 7 heteroatoms. The summed E-state index contributed by atoms with van der Waals surface area (Å²) < 4.78 is 4.61. The van der Waals surface area contributed by atoms with E-state index in [0.29, 0.717) is 0 Å². The van der Waals surface area contributed by atoms with Gasteiger partial charge in [0.1, 0.15) is 9.86 Å². The number of fused-ring (bicyclic) bond motifs is 1. The lowest BCUT2D eigenvalue weighted by molar-refractivity contribution is -0.137. The van der Waals surface area contributed by atoms with Gasteiger partial charge in [0.15, 0.2) is 0 Å². The number of rotatable bonds is 4. The summed E-state index contributed by atoms with van der Waals surface area (Å²) in [6, 6.07) is 2.05. The van der Waals surface area contributed by atoms with Crippen molar-refractivity contribution in [1.29, 1.82) is 0 Å². The number of halogens is 1. The number of ether oxygens (including phenoxy) is 1. The van der Waals surface area contributed by atoms with E-state index >= 15 is 0 Å². The van der Waals surface area contributed by atoms with Crippen LogP contribution in [0.4, 0.5) is 0 Å². The smallest absolute Gasteiger partial charge is 0.316 e. The third kappa shape index (κ3) is 2.93. The first-order valence-electron chi connectivity index (χ1n) is 5.29. The molecule has 0 saturated carbocycles. The zero-order valence-electron chi connectivity index (χ0n) is 9.90. The lowest BCUT2D eigenvalue weighted by Crippen LogP contribution is -2.03. The van der Waals surface area contributed by atoms with Gasteiger partial charge in [0, 0.05) is 10.3 Å². The van der Waals surface area contributed by atoms with Gasteiger partial charge in [-0.3, -0.25) is 4.79 Å². The van der Waals surface area contributed by atoms with Crippen molar-refractivity contribution in [2.75, 3.05) is 12.9 Å². The van der Waals surface area contributed by atoms with Crippen LogP contribution in [-0.2, 0) is 16.0 Å². The number of hydrogen-bond acceptors (Lipinski definition) is 6. The van der Waals surface area contributed by atoms with E-state index in [-0.39, 0.29) is 17.0 Å². The first-order chi connectivity index (χ1) is 8.63.